The second-order valence-corrected chi connectivity index (χ2v) is 11.2. The summed E-state index contributed by atoms with van der Waals surface area (Å²) in [7, 11) is 0. The molecule has 1 aliphatic heterocycles. The maximum atomic E-state index is 13.1. The molecule has 2 aromatic rings. The van der Waals surface area contributed by atoms with Crippen molar-refractivity contribution in [1.82, 2.24) is 10.3 Å². The molecule has 7 nitrogen and oxygen atoms in total. The lowest BCUT2D eigenvalue weighted by Gasteiger charge is -2.63. The zero-order chi connectivity index (χ0) is 25.4. The quantitative estimate of drug-likeness (QED) is 0.543. The van der Waals surface area contributed by atoms with E-state index in [0.29, 0.717) is 27.9 Å². The highest BCUT2D eigenvalue weighted by atomic mass is 35.5. The smallest absolute Gasteiger partial charge is 0.253 e. The average Bonchev–Trinajstić information content (AvgIpc) is 2.85. The third-order valence-electron chi connectivity index (χ3n) is 7.62. The van der Waals surface area contributed by atoms with Crippen LogP contribution in [0.1, 0.15) is 50.9 Å². The van der Waals surface area contributed by atoms with Gasteiger partial charge in [0.15, 0.2) is 0 Å². The van der Waals surface area contributed by atoms with Crippen LogP contribution in [0, 0.1) is 23.3 Å². The summed E-state index contributed by atoms with van der Waals surface area (Å²) in [6.07, 6.45) is 3.38. The van der Waals surface area contributed by atoms with Gasteiger partial charge in [-0.25, -0.2) is 9.83 Å². The van der Waals surface area contributed by atoms with Crippen LogP contribution in [0.25, 0.3) is 4.85 Å². The Morgan fingerprint density at radius 1 is 1.23 bits per heavy atom. The fraction of sp³-hybridized carbons (Fsp3) is 0.519. The van der Waals surface area contributed by atoms with Crippen molar-refractivity contribution in [2.75, 3.05) is 24.6 Å². The molecule has 1 aromatic heterocycles. The number of nitrogens with zero attached hydrogens (tertiary/aromatic N) is 3. The summed E-state index contributed by atoms with van der Waals surface area (Å²) in [5, 5.41) is 12.9. The second-order valence-electron chi connectivity index (χ2n) is 10.8. The Morgan fingerprint density at radius 3 is 2.46 bits per heavy atom. The Morgan fingerprint density at radius 2 is 1.91 bits per heavy atom. The van der Waals surface area contributed by atoms with Crippen LogP contribution in [0.5, 0.6) is 5.75 Å². The molecule has 2 fully saturated rings. The van der Waals surface area contributed by atoms with E-state index in [9.17, 15) is 9.90 Å². The molecule has 2 heterocycles. The topological polar surface area (TPSA) is 79.0 Å². The number of halogens is 1. The Bertz CT molecular complexity index is 1100. The van der Waals surface area contributed by atoms with Crippen LogP contribution in [0.4, 0.5) is 11.5 Å². The molecule has 1 aliphatic carbocycles. The first-order valence-corrected chi connectivity index (χ1v) is 12.4. The highest BCUT2D eigenvalue weighted by Crippen LogP contribution is 2.55. The number of amides is 1. The number of carbonyl (C=O) groups excluding carboxylic acids is 1. The molecular formula is C27H33ClN4O3. The van der Waals surface area contributed by atoms with Gasteiger partial charge in [-0.2, -0.15) is 0 Å². The van der Waals surface area contributed by atoms with E-state index in [1.165, 1.54) is 0 Å². The molecule has 1 saturated heterocycles. The van der Waals surface area contributed by atoms with Crippen molar-refractivity contribution in [3.8, 4) is 5.75 Å². The number of benzene rings is 1. The third-order valence-corrected chi connectivity index (χ3v) is 7.92. The number of nitrogens with one attached hydrogen (secondary N) is 1. The van der Waals surface area contributed by atoms with E-state index in [4.69, 9.17) is 22.9 Å². The van der Waals surface area contributed by atoms with Gasteiger partial charge in [0.05, 0.1) is 17.2 Å². The second kappa shape index (κ2) is 9.67. The molecule has 0 spiro atoms. The van der Waals surface area contributed by atoms with Crippen LogP contribution in [0.2, 0.25) is 5.02 Å². The molecule has 1 aromatic carbocycles. The Labute approximate surface area is 212 Å². The summed E-state index contributed by atoms with van der Waals surface area (Å²) in [5.74, 6) is 1.69. The molecule has 1 amide bonds. The van der Waals surface area contributed by atoms with Crippen molar-refractivity contribution in [3.63, 3.8) is 0 Å². The number of carbonyl (C=O) groups is 1. The lowest BCUT2D eigenvalue weighted by Crippen LogP contribution is -2.74. The van der Waals surface area contributed by atoms with E-state index < -0.39 is 0 Å². The molecule has 186 valence electrons. The van der Waals surface area contributed by atoms with E-state index in [-0.39, 0.29) is 35.5 Å². The number of pyridine rings is 1. The Balaban J connectivity index is 1.40. The standard InChI is InChI=1S/C27H33ClN4O3/c1-26(2)24(27(3,4)25(26)35-19-7-8-21(29-5)20(28)14-19)31-23(34)18-6-9-22(30-15-18)32-12-10-17(16-33)11-13-32/h6-9,14-15,17,24-25,33H,10-13,16H2,1-4H3,(H,31,34). The first-order valence-electron chi connectivity index (χ1n) is 12.0. The minimum absolute atomic E-state index is 0.109. The van der Waals surface area contributed by atoms with Gasteiger partial charge < -0.3 is 20.1 Å². The molecule has 4 rings (SSSR count). The van der Waals surface area contributed by atoms with Crippen LogP contribution < -0.4 is 15.0 Å². The fourth-order valence-corrected chi connectivity index (χ4v) is 6.07. The summed E-state index contributed by atoms with van der Waals surface area (Å²) in [6.45, 7) is 17.5. The SMILES string of the molecule is [C-]#[N+]c1ccc(OC2C(C)(C)C(NC(=O)c3ccc(N4CCC(CO)CC4)nc3)C2(C)C)cc1Cl. The number of hydrogen-bond donors (Lipinski definition) is 2. The number of hydrogen-bond acceptors (Lipinski definition) is 5. The average molecular weight is 497 g/mol. The maximum Gasteiger partial charge on any atom is 0.253 e. The monoisotopic (exact) mass is 496 g/mol. The van der Waals surface area contributed by atoms with Gasteiger partial charge in [0, 0.05) is 42.8 Å². The van der Waals surface area contributed by atoms with Crippen molar-refractivity contribution in [3.05, 3.63) is 58.5 Å². The van der Waals surface area contributed by atoms with E-state index in [1.54, 1.807) is 24.4 Å². The van der Waals surface area contributed by atoms with Crippen molar-refractivity contribution in [2.24, 2.45) is 16.7 Å². The predicted octanol–water partition coefficient (Wildman–Crippen LogP) is 5.11. The molecule has 0 unspecified atom stereocenters. The summed E-state index contributed by atoms with van der Waals surface area (Å²) in [5.41, 5.74) is 0.269. The molecule has 35 heavy (non-hydrogen) atoms. The number of aliphatic hydroxyl groups is 1. The van der Waals surface area contributed by atoms with Crippen molar-refractivity contribution >= 4 is 29.0 Å². The first-order chi connectivity index (χ1) is 16.6. The van der Waals surface area contributed by atoms with Gasteiger partial charge in [0.2, 0.25) is 5.69 Å². The van der Waals surface area contributed by atoms with Gasteiger partial charge in [0.25, 0.3) is 5.91 Å². The Hall–Kier alpha value is -2.82. The van der Waals surface area contributed by atoms with E-state index in [1.807, 2.05) is 12.1 Å². The lowest BCUT2D eigenvalue weighted by atomic mass is 9.49. The number of aromatic nitrogens is 1. The van der Waals surface area contributed by atoms with Crippen molar-refractivity contribution < 1.29 is 14.6 Å². The zero-order valence-corrected chi connectivity index (χ0v) is 21.5. The molecule has 2 N–H and O–H groups in total. The van der Waals surface area contributed by atoms with Crippen LogP contribution in [0.3, 0.4) is 0 Å². The van der Waals surface area contributed by atoms with Crippen LogP contribution in [0.15, 0.2) is 36.5 Å². The number of piperidine rings is 1. The molecular weight excluding hydrogens is 464 g/mol. The van der Waals surface area contributed by atoms with E-state index >= 15 is 0 Å². The minimum Gasteiger partial charge on any atom is -0.489 e. The summed E-state index contributed by atoms with van der Waals surface area (Å²) < 4.78 is 6.31. The molecule has 8 heteroatoms. The molecule has 0 radical (unpaired) electrons. The normalized spacial score (nSPS) is 23.2. The number of ether oxygens (including phenoxy) is 1. The van der Waals surface area contributed by atoms with Crippen LogP contribution >= 0.6 is 11.6 Å². The Kier molecular flexibility index (Phi) is 6.99. The third kappa shape index (κ3) is 4.82. The number of anilines is 1. The van der Waals surface area contributed by atoms with Crippen molar-refractivity contribution in [1.29, 1.82) is 0 Å². The summed E-state index contributed by atoms with van der Waals surface area (Å²) in [6, 6.07) is 8.71. The van der Waals surface area contributed by atoms with Gasteiger partial charge in [-0.15, -0.1) is 0 Å². The molecule has 1 saturated carbocycles. The van der Waals surface area contributed by atoms with Gasteiger partial charge in [-0.3, -0.25) is 4.79 Å². The van der Waals surface area contributed by atoms with E-state index in [0.717, 1.165) is 31.7 Å². The van der Waals surface area contributed by atoms with Gasteiger partial charge in [0.1, 0.15) is 17.7 Å². The van der Waals surface area contributed by atoms with Gasteiger partial charge >= 0.3 is 0 Å². The molecule has 0 bridgehead atoms. The lowest BCUT2D eigenvalue weighted by molar-refractivity contribution is -0.164. The number of aliphatic hydroxyl groups excluding tert-OH is 1. The largest absolute Gasteiger partial charge is 0.489 e. The zero-order valence-electron chi connectivity index (χ0n) is 20.7. The summed E-state index contributed by atoms with van der Waals surface area (Å²) in [4.78, 5) is 23.2. The van der Waals surface area contributed by atoms with Crippen LogP contribution in [-0.2, 0) is 0 Å². The van der Waals surface area contributed by atoms with Gasteiger partial charge in [-0.05, 0) is 43.0 Å². The summed E-state index contributed by atoms with van der Waals surface area (Å²) >= 11 is 6.19. The predicted molar refractivity (Wildman–Crippen MR) is 137 cm³/mol. The molecule has 2 aliphatic rings. The number of rotatable bonds is 6. The fourth-order valence-electron chi connectivity index (χ4n) is 5.85. The first kappa shape index (κ1) is 25.3. The van der Waals surface area contributed by atoms with Gasteiger partial charge in [-0.1, -0.05) is 45.4 Å². The molecule has 0 atom stereocenters. The van der Waals surface area contributed by atoms with Crippen LogP contribution in [-0.4, -0.2) is 47.8 Å². The minimum atomic E-state index is -0.325. The highest BCUT2D eigenvalue weighted by molar-refractivity contribution is 6.33. The van der Waals surface area contributed by atoms with E-state index in [2.05, 4.69) is 47.7 Å². The van der Waals surface area contributed by atoms with Crippen molar-refractivity contribution in [2.45, 2.75) is 52.7 Å². The highest BCUT2D eigenvalue weighted by Gasteiger charge is 2.64. The maximum absolute atomic E-state index is 13.1.